The fraction of sp³-hybridized carbons (Fsp3) is 0.136. The Labute approximate surface area is 197 Å². The Hall–Kier alpha value is -3.63. The summed E-state index contributed by atoms with van der Waals surface area (Å²) in [5.74, 6) is 0.725. The van der Waals surface area contributed by atoms with Crippen LogP contribution in [-0.4, -0.2) is 30.8 Å². The van der Waals surface area contributed by atoms with Crippen molar-refractivity contribution in [1.29, 1.82) is 0 Å². The first-order chi connectivity index (χ1) is 15.9. The molecule has 4 rings (SSSR count). The molecule has 168 valence electrons. The summed E-state index contributed by atoms with van der Waals surface area (Å²) < 4.78 is 7.38. The second-order valence-electron chi connectivity index (χ2n) is 7.03. The summed E-state index contributed by atoms with van der Waals surface area (Å²) in [7, 11) is 0. The van der Waals surface area contributed by atoms with Gasteiger partial charge in [-0.2, -0.15) is 0 Å². The molecule has 0 unspecified atom stereocenters. The Kier molecular flexibility index (Phi) is 6.76. The van der Waals surface area contributed by atoms with E-state index < -0.39 is 10.2 Å². The average molecular weight is 484 g/mol. The maximum absolute atomic E-state index is 12.8. The molecule has 0 aliphatic rings. The van der Waals surface area contributed by atoms with Crippen LogP contribution in [0.5, 0.6) is 0 Å². The van der Waals surface area contributed by atoms with Crippen LogP contribution >= 0.6 is 23.4 Å². The lowest BCUT2D eigenvalue weighted by Crippen LogP contribution is -2.23. The zero-order valence-corrected chi connectivity index (χ0v) is 18.9. The summed E-state index contributed by atoms with van der Waals surface area (Å²) >= 11 is 7.31. The van der Waals surface area contributed by atoms with Gasteiger partial charge in [-0.3, -0.25) is 19.5 Å². The van der Waals surface area contributed by atoms with Gasteiger partial charge < -0.3 is 9.73 Å². The number of nitro groups is 1. The first-order valence-corrected chi connectivity index (χ1v) is 11.1. The lowest BCUT2D eigenvalue weighted by molar-refractivity contribution is -0.384. The Bertz CT molecular complexity index is 1280. The maximum atomic E-state index is 12.8. The van der Waals surface area contributed by atoms with E-state index in [1.54, 1.807) is 25.3 Å². The molecule has 33 heavy (non-hydrogen) atoms. The van der Waals surface area contributed by atoms with Gasteiger partial charge in [-0.1, -0.05) is 53.7 Å². The van der Waals surface area contributed by atoms with Crippen molar-refractivity contribution < 1.29 is 14.1 Å². The molecule has 1 N–H and O–H groups in total. The number of furan rings is 1. The Morgan fingerprint density at radius 3 is 2.70 bits per heavy atom. The lowest BCUT2D eigenvalue weighted by Gasteiger charge is -2.14. The van der Waals surface area contributed by atoms with E-state index in [9.17, 15) is 14.9 Å². The van der Waals surface area contributed by atoms with Crippen LogP contribution in [0.25, 0.3) is 11.6 Å². The largest absolute Gasteiger partial charge is 0.461 e. The zero-order chi connectivity index (χ0) is 23.4. The van der Waals surface area contributed by atoms with Crippen LogP contribution in [0.3, 0.4) is 0 Å². The number of rotatable bonds is 8. The molecule has 1 amide bonds. The van der Waals surface area contributed by atoms with Crippen LogP contribution in [0.1, 0.15) is 12.5 Å². The molecule has 2 heterocycles. The highest BCUT2D eigenvalue weighted by atomic mass is 35.5. The van der Waals surface area contributed by atoms with E-state index in [0.29, 0.717) is 23.3 Å². The van der Waals surface area contributed by atoms with Crippen LogP contribution < -0.4 is 5.32 Å². The summed E-state index contributed by atoms with van der Waals surface area (Å²) in [6.07, 6.45) is 1.56. The Balaban J connectivity index is 1.56. The predicted molar refractivity (Wildman–Crippen MR) is 125 cm³/mol. The van der Waals surface area contributed by atoms with Gasteiger partial charge in [0.15, 0.2) is 10.9 Å². The number of non-ortho nitro benzene ring substituents is 1. The number of halogens is 1. The number of nitrogens with one attached hydrogen (secondary N) is 1. The van der Waals surface area contributed by atoms with Crippen LogP contribution in [-0.2, 0) is 11.3 Å². The average Bonchev–Trinajstić information content (AvgIpc) is 3.46. The quantitative estimate of drug-likeness (QED) is 0.206. The van der Waals surface area contributed by atoms with Crippen molar-refractivity contribution in [3.63, 3.8) is 0 Å². The van der Waals surface area contributed by atoms with Gasteiger partial charge in [-0.05, 0) is 30.7 Å². The smallest absolute Gasteiger partial charge is 0.271 e. The predicted octanol–water partition coefficient (Wildman–Crippen LogP) is 5.27. The SMILES string of the molecule is C[C@@H](Sc1nnc(-c2ccco2)n1Cc1ccccc1)C(=O)Nc1cc([N+](=O)[O-])ccc1Cl. The molecule has 0 aliphatic carbocycles. The van der Waals surface area contributed by atoms with E-state index in [1.165, 1.54) is 30.0 Å². The molecule has 0 spiro atoms. The molecular weight excluding hydrogens is 466 g/mol. The van der Waals surface area contributed by atoms with Crippen molar-refractivity contribution in [1.82, 2.24) is 14.8 Å². The van der Waals surface area contributed by atoms with Gasteiger partial charge in [0.2, 0.25) is 11.7 Å². The summed E-state index contributed by atoms with van der Waals surface area (Å²) in [5, 5.41) is 22.4. The summed E-state index contributed by atoms with van der Waals surface area (Å²) in [6, 6.07) is 17.2. The van der Waals surface area contributed by atoms with Crippen molar-refractivity contribution in [3.05, 3.63) is 87.6 Å². The molecular formula is C22H18ClN5O4S. The molecule has 4 aromatic rings. The molecule has 11 heteroatoms. The van der Waals surface area contributed by atoms with E-state index >= 15 is 0 Å². The normalized spacial score (nSPS) is 11.8. The number of anilines is 1. The van der Waals surface area contributed by atoms with E-state index in [2.05, 4.69) is 15.5 Å². The van der Waals surface area contributed by atoms with Crippen molar-refractivity contribution in [2.45, 2.75) is 23.9 Å². The van der Waals surface area contributed by atoms with Crippen LogP contribution in [0, 0.1) is 10.1 Å². The fourth-order valence-electron chi connectivity index (χ4n) is 3.04. The number of nitro benzene ring substituents is 1. The van der Waals surface area contributed by atoms with Gasteiger partial charge in [-0.25, -0.2) is 0 Å². The third-order valence-corrected chi connectivity index (χ3v) is 6.12. The monoisotopic (exact) mass is 483 g/mol. The highest BCUT2D eigenvalue weighted by Gasteiger charge is 2.23. The molecule has 0 radical (unpaired) electrons. The van der Waals surface area contributed by atoms with Gasteiger partial charge >= 0.3 is 0 Å². The van der Waals surface area contributed by atoms with Crippen molar-refractivity contribution in [2.75, 3.05) is 5.32 Å². The van der Waals surface area contributed by atoms with E-state index in [0.717, 1.165) is 5.56 Å². The van der Waals surface area contributed by atoms with Gasteiger partial charge in [0, 0.05) is 12.1 Å². The van der Waals surface area contributed by atoms with Gasteiger partial charge in [0.25, 0.3) is 5.69 Å². The van der Waals surface area contributed by atoms with Crippen LogP contribution in [0.4, 0.5) is 11.4 Å². The van der Waals surface area contributed by atoms with Gasteiger partial charge in [0.05, 0.1) is 33.7 Å². The minimum absolute atomic E-state index is 0.166. The molecule has 1 atom stereocenters. The van der Waals surface area contributed by atoms with Gasteiger partial charge in [0.1, 0.15) is 0 Å². The molecule has 2 aromatic heterocycles. The summed E-state index contributed by atoms with van der Waals surface area (Å²) in [6.45, 7) is 2.19. The van der Waals surface area contributed by atoms with Crippen LogP contribution in [0.2, 0.25) is 5.02 Å². The lowest BCUT2D eigenvalue weighted by atomic mass is 10.2. The summed E-state index contributed by atoms with van der Waals surface area (Å²) in [4.78, 5) is 23.3. The van der Waals surface area contributed by atoms with Gasteiger partial charge in [-0.15, -0.1) is 10.2 Å². The molecule has 0 aliphatic heterocycles. The minimum atomic E-state index is -0.594. The Morgan fingerprint density at radius 1 is 1.21 bits per heavy atom. The highest BCUT2D eigenvalue weighted by molar-refractivity contribution is 8.00. The number of hydrogen-bond acceptors (Lipinski definition) is 7. The maximum Gasteiger partial charge on any atom is 0.271 e. The van der Waals surface area contributed by atoms with E-state index in [-0.39, 0.29) is 22.3 Å². The number of hydrogen-bond donors (Lipinski definition) is 1. The minimum Gasteiger partial charge on any atom is -0.461 e. The number of nitrogens with zero attached hydrogens (tertiary/aromatic N) is 4. The number of carbonyl (C=O) groups excluding carboxylic acids is 1. The second kappa shape index (κ2) is 9.88. The Morgan fingerprint density at radius 2 is 2.00 bits per heavy atom. The number of aromatic nitrogens is 3. The van der Waals surface area contributed by atoms with Crippen molar-refractivity contribution >= 4 is 40.6 Å². The van der Waals surface area contributed by atoms with Crippen LogP contribution in [0.15, 0.2) is 76.5 Å². The van der Waals surface area contributed by atoms with Crippen molar-refractivity contribution in [3.8, 4) is 11.6 Å². The first kappa shape index (κ1) is 22.6. The summed E-state index contributed by atoms with van der Waals surface area (Å²) in [5.41, 5.74) is 1.04. The first-order valence-electron chi connectivity index (χ1n) is 9.85. The topological polar surface area (TPSA) is 116 Å². The number of thioether (sulfide) groups is 1. The molecule has 0 saturated heterocycles. The molecule has 0 fully saturated rings. The third-order valence-electron chi connectivity index (χ3n) is 4.71. The number of benzene rings is 2. The zero-order valence-electron chi connectivity index (χ0n) is 17.3. The molecule has 0 saturated carbocycles. The number of carbonyl (C=O) groups is 1. The highest BCUT2D eigenvalue weighted by Crippen LogP contribution is 2.30. The molecule has 0 bridgehead atoms. The fourth-order valence-corrected chi connectivity index (χ4v) is 4.05. The molecule has 9 nitrogen and oxygen atoms in total. The number of amides is 1. The second-order valence-corrected chi connectivity index (χ2v) is 8.74. The molecule has 2 aromatic carbocycles. The van der Waals surface area contributed by atoms with Crippen molar-refractivity contribution in [2.24, 2.45) is 0 Å². The third kappa shape index (κ3) is 5.24. The van der Waals surface area contributed by atoms with E-state index in [1.807, 2.05) is 34.9 Å². The van der Waals surface area contributed by atoms with E-state index in [4.69, 9.17) is 16.0 Å². The standard InChI is InChI=1S/C22H18ClN5O4S/c1-14(21(29)24-18-12-16(28(30)31)9-10-17(18)23)33-22-26-25-20(19-8-5-11-32-19)27(22)13-15-6-3-2-4-7-15/h2-12,14H,13H2,1H3,(H,24,29)/t14-/m1/s1.